The lowest BCUT2D eigenvalue weighted by Gasteiger charge is -2.18. The lowest BCUT2D eigenvalue weighted by atomic mass is 9.95. The average Bonchev–Trinajstić information content (AvgIpc) is 2.67. The maximum Gasteiger partial charge on any atom is 0.306 e. The fourth-order valence-electron chi connectivity index (χ4n) is 2.43. The number of ether oxygens (including phenoxy) is 1. The second kappa shape index (κ2) is 10.4. The van der Waals surface area contributed by atoms with E-state index in [1.807, 2.05) is 51.1 Å². The number of hydrogen-bond acceptors (Lipinski definition) is 4. The van der Waals surface area contributed by atoms with Gasteiger partial charge in [-0.3, -0.25) is 14.4 Å². The van der Waals surface area contributed by atoms with E-state index in [2.05, 4.69) is 10.6 Å². The molecule has 29 heavy (non-hydrogen) atoms. The first-order valence-electron chi connectivity index (χ1n) is 9.65. The van der Waals surface area contributed by atoms with Crippen LogP contribution in [0.3, 0.4) is 0 Å². The van der Waals surface area contributed by atoms with Crippen molar-refractivity contribution in [2.45, 2.75) is 40.0 Å². The minimum Gasteiger partial charge on any atom is -0.465 e. The van der Waals surface area contributed by atoms with E-state index in [-0.39, 0.29) is 24.7 Å². The first-order valence-corrected chi connectivity index (χ1v) is 9.65. The number of hydrogen-bond donors (Lipinski definition) is 2. The maximum absolute atomic E-state index is 12.1. The van der Waals surface area contributed by atoms with E-state index in [0.717, 1.165) is 5.56 Å². The van der Waals surface area contributed by atoms with Gasteiger partial charge in [0, 0.05) is 29.6 Å². The third kappa shape index (κ3) is 8.17. The molecule has 0 aliphatic carbocycles. The number of anilines is 2. The van der Waals surface area contributed by atoms with Gasteiger partial charge in [-0.05, 0) is 23.8 Å². The first kappa shape index (κ1) is 22.1. The van der Waals surface area contributed by atoms with E-state index in [0.29, 0.717) is 24.4 Å². The third-order valence-corrected chi connectivity index (χ3v) is 4.14. The van der Waals surface area contributed by atoms with Crippen LogP contribution in [0, 0.1) is 5.41 Å². The zero-order valence-electron chi connectivity index (χ0n) is 17.2. The predicted octanol–water partition coefficient (Wildman–Crippen LogP) is 4.18. The molecule has 0 bridgehead atoms. The standard InChI is InChI=1S/C23H28N2O4/c1-23(2,3)22(28)25-19-11-7-10-18(16-19)24-20(26)12-13-21(27)29-15-14-17-8-5-4-6-9-17/h4-11,16H,12-15H2,1-3H3,(H,24,26)(H,25,28). The van der Waals surface area contributed by atoms with Crippen molar-refractivity contribution in [1.82, 2.24) is 0 Å². The van der Waals surface area contributed by atoms with Gasteiger partial charge in [0.1, 0.15) is 0 Å². The minimum absolute atomic E-state index is 0.0150. The Kier molecular flexibility index (Phi) is 7.95. The van der Waals surface area contributed by atoms with E-state index in [1.54, 1.807) is 24.3 Å². The van der Waals surface area contributed by atoms with Gasteiger partial charge in [0.15, 0.2) is 0 Å². The molecule has 2 N–H and O–H groups in total. The molecule has 0 unspecified atom stereocenters. The Morgan fingerprint density at radius 1 is 0.862 bits per heavy atom. The Balaban J connectivity index is 1.74. The predicted molar refractivity (Wildman–Crippen MR) is 113 cm³/mol. The summed E-state index contributed by atoms with van der Waals surface area (Å²) in [5.41, 5.74) is 1.74. The fraction of sp³-hybridized carbons (Fsp3) is 0.348. The Labute approximate surface area is 171 Å². The summed E-state index contributed by atoms with van der Waals surface area (Å²) in [4.78, 5) is 36.0. The zero-order chi connectivity index (χ0) is 21.3. The second-order valence-electron chi connectivity index (χ2n) is 7.79. The van der Waals surface area contributed by atoms with Crippen molar-refractivity contribution >= 4 is 29.2 Å². The molecule has 2 aromatic rings. The normalized spacial score (nSPS) is 10.9. The fourth-order valence-corrected chi connectivity index (χ4v) is 2.43. The van der Waals surface area contributed by atoms with Crippen molar-refractivity contribution in [2.75, 3.05) is 17.2 Å². The van der Waals surface area contributed by atoms with Crippen LogP contribution in [0.4, 0.5) is 11.4 Å². The highest BCUT2D eigenvalue weighted by Crippen LogP contribution is 2.20. The summed E-state index contributed by atoms with van der Waals surface area (Å²) in [6, 6.07) is 16.6. The average molecular weight is 396 g/mol. The molecule has 6 heteroatoms. The molecule has 0 aromatic heterocycles. The number of rotatable bonds is 8. The van der Waals surface area contributed by atoms with E-state index in [1.165, 1.54) is 0 Å². The van der Waals surface area contributed by atoms with Gasteiger partial charge in [-0.2, -0.15) is 0 Å². The smallest absolute Gasteiger partial charge is 0.306 e. The molecular weight excluding hydrogens is 368 g/mol. The van der Waals surface area contributed by atoms with Gasteiger partial charge >= 0.3 is 5.97 Å². The molecule has 0 fully saturated rings. The number of carbonyl (C=O) groups excluding carboxylic acids is 3. The quantitative estimate of drug-likeness (QED) is 0.656. The molecule has 0 aliphatic heterocycles. The largest absolute Gasteiger partial charge is 0.465 e. The molecule has 2 rings (SSSR count). The van der Waals surface area contributed by atoms with Crippen LogP contribution in [0.25, 0.3) is 0 Å². The highest BCUT2D eigenvalue weighted by molar-refractivity contribution is 5.96. The van der Waals surface area contributed by atoms with Crippen LogP contribution in [-0.2, 0) is 25.5 Å². The van der Waals surface area contributed by atoms with Crippen molar-refractivity contribution in [2.24, 2.45) is 5.41 Å². The molecule has 0 radical (unpaired) electrons. The topological polar surface area (TPSA) is 84.5 Å². The van der Waals surface area contributed by atoms with Crippen LogP contribution in [-0.4, -0.2) is 24.4 Å². The number of nitrogens with one attached hydrogen (secondary N) is 2. The lowest BCUT2D eigenvalue weighted by molar-refractivity contribution is -0.144. The van der Waals surface area contributed by atoms with E-state index >= 15 is 0 Å². The maximum atomic E-state index is 12.1. The van der Waals surface area contributed by atoms with Crippen molar-refractivity contribution in [3.05, 3.63) is 60.2 Å². The minimum atomic E-state index is -0.514. The molecule has 2 amide bonds. The third-order valence-electron chi connectivity index (χ3n) is 4.14. The van der Waals surface area contributed by atoms with Crippen molar-refractivity contribution < 1.29 is 19.1 Å². The van der Waals surface area contributed by atoms with Gasteiger partial charge in [0.2, 0.25) is 11.8 Å². The molecule has 0 spiro atoms. The number of carbonyl (C=O) groups is 3. The monoisotopic (exact) mass is 396 g/mol. The van der Waals surface area contributed by atoms with E-state index in [4.69, 9.17) is 4.74 Å². The Morgan fingerprint density at radius 3 is 2.17 bits per heavy atom. The van der Waals surface area contributed by atoms with Crippen LogP contribution >= 0.6 is 0 Å². The number of benzene rings is 2. The summed E-state index contributed by atoms with van der Waals surface area (Å²) in [7, 11) is 0. The summed E-state index contributed by atoms with van der Waals surface area (Å²) < 4.78 is 5.17. The molecule has 2 aromatic carbocycles. The summed E-state index contributed by atoms with van der Waals surface area (Å²) in [5, 5.41) is 5.55. The van der Waals surface area contributed by atoms with Crippen molar-refractivity contribution in [1.29, 1.82) is 0 Å². The highest BCUT2D eigenvalue weighted by atomic mass is 16.5. The molecule has 0 saturated heterocycles. The number of esters is 1. The molecular formula is C23H28N2O4. The summed E-state index contributed by atoms with van der Waals surface area (Å²) in [6.45, 7) is 5.77. The summed E-state index contributed by atoms with van der Waals surface area (Å²) in [5.74, 6) is -0.800. The second-order valence-corrected chi connectivity index (χ2v) is 7.79. The molecule has 6 nitrogen and oxygen atoms in total. The zero-order valence-corrected chi connectivity index (χ0v) is 17.2. The summed E-state index contributed by atoms with van der Waals surface area (Å²) in [6.07, 6.45) is 0.690. The van der Waals surface area contributed by atoms with Gasteiger partial charge in [0.05, 0.1) is 13.0 Å². The Hall–Kier alpha value is -3.15. The van der Waals surface area contributed by atoms with Crippen LogP contribution in [0.15, 0.2) is 54.6 Å². The van der Waals surface area contributed by atoms with Gasteiger partial charge < -0.3 is 15.4 Å². The molecule has 0 heterocycles. The summed E-state index contributed by atoms with van der Waals surface area (Å²) >= 11 is 0. The van der Waals surface area contributed by atoms with Gasteiger partial charge in [-0.1, -0.05) is 57.2 Å². The SMILES string of the molecule is CC(C)(C)C(=O)Nc1cccc(NC(=O)CCC(=O)OCCc2ccccc2)c1. The first-order chi connectivity index (χ1) is 13.7. The Morgan fingerprint density at radius 2 is 1.52 bits per heavy atom. The van der Waals surface area contributed by atoms with Crippen molar-refractivity contribution in [3.8, 4) is 0 Å². The van der Waals surface area contributed by atoms with E-state index < -0.39 is 11.4 Å². The lowest BCUT2D eigenvalue weighted by Crippen LogP contribution is -2.27. The Bertz CT molecular complexity index is 841. The van der Waals surface area contributed by atoms with Crippen LogP contribution in [0.2, 0.25) is 0 Å². The van der Waals surface area contributed by atoms with Gasteiger partial charge in [0.25, 0.3) is 0 Å². The van der Waals surface area contributed by atoms with Crippen LogP contribution in [0.5, 0.6) is 0 Å². The highest BCUT2D eigenvalue weighted by Gasteiger charge is 2.21. The van der Waals surface area contributed by atoms with Crippen LogP contribution in [0.1, 0.15) is 39.2 Å². The van der Waals surface area contributed by atoms with Gasteiger partial charge in [-0.15, -0.1) is 0 Å². The molecule has 0 saturated carbocycles. The van der Waals surface area contributed by atoms with Crippen molar-refractivity contribution in [3.63, 3.8) is 0 Å². The van der Waals surface area contributed by atoms with Gasteiger partial charge in [-0.25, -0.2) is 0 Å². The number of amides is 2. The molecule has 154 valence electrons. The van der Waals surface area contributed by atoms with Crippen LogP contribution < -0.4 is 10.6 Å². The molecule has 0 aliphatic rings. The van der Waals surface area contributed by atoms with E-state index in [9.17, 15) is 14.4 Å². The molecule has 0 atom stereocenters.